The third-order valence-corrected chi connectivity index (χ3v) is 1.88. The fourth-order valence-electron chi connectivity index (χ4n) is 0.934. The minimum atomic E-state index is 0. The van der Waals surface area contributed by atoms with Crippen molar-refractivity contribution in [3.63, 3.8) is 0 Å². The van der Waals surface area contributed by atoms with Crippen LogP contribution in [0.1, 0.15) is 31.7 Å². The van der Waals surface area contributed by atoms with E-state index in [2.05, 4.69) is 32.0 Å². The topological polar surface area (TPSA) is 0 Å². The Balaban J connectivity index is 0. The second kappa shape index (κ2) is 7.63. The molecule has 1 unspecified atom stereocenters. The van der Waals surface area contributed by atoms with Crippen LogP contribution in [0.3, 0.4) is 0 Å². The van der Waals surface area contributed by atoms with Crippen molar-refractivity contribution in [1.82, 2.24) is 0 Å². The quantitative estimate of drug-likeness (QED) is 0.475. The molecule has 0 heterocycles. The Bertz CT molecular complexity index is 181. The van der Waals surface area contributed by atoms with Crippen molar-refractivity contribution in [2.45, 2.75) is 26.2 Å². The van der Waals surface area contributed by atoms with Gasteiger partial charge in [-0.3, -0.25) is 0 Å². The van der Waals surface area contributed by atoms with Crippen LogP contribution >= 0.6 is 0 Å². The van der Waals surface area contributed by atoms with Crippen molar-refractivity contribution in [1.29, 1.82) is 0 Å². The molecule has 0 aliphatic rings. The van der Waals surface area contributed by atoms with E-state index in [1.54, 1.807) is 0 Å². The van der Waals surface area contributed by atoms with Crippen molar-refractivity contribution in [2.75, 3.05) is 0 Å². The van der Waals surface area contributed by atoms with E-state index in [4.69, 9.17) is 0 Å². The molecule has 1 aromatic rings. The van der Waals surface area contributed by atoms with Gasteiger partial charge in [-0.25, -0.2) is 0 Å². The molecule has 0 aliphatic carbocycles. The van der Waals surface area contributed by atoms with Gasteiger partial charge in [0.1, 0.15) is 0 Å². The summed E-state index contributed by atoms with van der Waals surface area (Å²) in [7, 11) is 0. The molecule has 0 aliphatic heterocycles. The van der Waals surface area contributed by atoms with Crippen molar-refractivity contribution < 1.29 is 0 Å². The first kappa shape index (κ1) is 14.5. The van der Waals surface area contributed by atoms with Crippen LogP contribution < -0.4 is 0 Å². The van der Waals surface area contributed by atoms with Crippen LogP contribution in [0.5, 0.6) is 0 Å². The van der Waals surface area contributed by atoms with Gasteiger partial charge in [-0.15, -0.1) is 0 Å². The van der Waals surface area contributed by atoms with E-state index in [9.17, 15) is 0 Å². The van der Waals surface area contributed by atoms with E-state index in [1.165, 1.54) is 12.0 Å². The Labute approximate surface area is 92.5 Å². The van der Waals surface area contributed by atoms with E-state index in [0.29, 0.717) is 5.92 Å². The molecule has 0 N–H and O–H groups in total. The average Bonchev–Trinajstić information content (AvgIpc) is 2.05. The summed E-state index contributed by atoms with van der Waals surface area (Å²) < 4.78 is 0. The molecule has 0 amide bonds. The zero-order valence-electron chi connectivity index (χ0n) is 8.30. The third-order valence-electron chi connectivity index (χ3n) is 1.88. The number of benzene rings is 1. The fourth-order valence-corrected chi connectivity index (χ4v) is 0.934. The monoisotopic (exact) mass is 172 g/mol. The molecule has 12 heavy (non-hydrogen) atoms. The summed E-state index contributed by atoms with van der Waals surface area (Å²) in [5, 5.41) is 0. The smallest absolute Gasteiger partial charge is 0.358 e. The molecule has 1 atom stereocenters. The Hall–Kier alpha value is -0.0138. The van der Waals surface area contributed by atoms with Gasteiger partial charge in [-0.1, -0.05) is 20.3 Å². The summed E-state index contributed by atoms with van der Waals surface area (Å²) in [6.07, 6.45) is 1.19. The second-order valence-corrected chi connectivity index (χ2v) is 2.63. The van der Waals surface area contributed by atoms with Crippen LogP contribution in [0.15, 0.2) is 24.3 Å². The summed E-state index contributed by atoms with van der Waals surface area (Å²) >= 11 is 0. The van der Waals surface area contributed by atoms with Crippen LogP contribution in [-0.2, 0) is 0 Å². The van der Waals surface area contributed by atoms with E-state index < -0.39 is 0 Å². The molecular formula is C11H16Mg. The summed E-state index contributed by atoms with van der Waals surface area (Å²) in [5.41, 5.74) is 1.32. The summed E-state index contributed by atoms with van der Waals surface area (Å²) in [5.74, 6) is 0.654. The van der Waals surface area contributed by atoms with Gasteiger partial charge in [0.2, 0.25) is 0 Å². The van der Waals surface area contributed by atoms with Crippen molar-refractivity contribution in [3.05, 3.63) is 43.3 Å². The van der Waals surface area contributed by atoms with Crippen LogP contribution in [0.25, 0.3) is 0 Å². The number of hydrogen-bond acceptors (Lipinski definition) is 0. The van der Waals surface area contributed by atoms with Gasteiger partial charge in [-0.2, -0.15) is 35.9 Å². The molecule has 1 heteroatoms. The summed E-state index contributed by atoms with van der Waals surface area (Å²) in [6, 6.07) is 11.4. The Morgan fingerprint density at radius 3 is 2.50 bits per heavy atom. The first-order valence-electron chi connectivity index (χ1n) is 3.81. The van der Waals surface area contributed by atoms with Gasteiger partial charge in [-0.05, 0) is 5.92 Å². The van der Waals surface area contributed by atoms with Gasteiger partial charge < -0.3 is 7.43 Å². The zero-order chi connectivity index (χ0) is 7.40. The van der Waals surface area contributed by atoms with Gasteiger partial charge in [0.05, 0.1) is 0 Å². The predicted molar refractivity (Wildman–Crippen MR) is 56.2 cm³/mol. The van der Waals surface area contributed by atoms with Gasteiger partial charge in [0.15, 0.2) is 0 Å². The standard InChI is InChI=1S/C10H13.CH3.Mg/c1-3-9(2)10-7-5-4-6-8-10;;/h4-7,9H,3H2,1-2H3;1H3;/q2*-1;+2. The Morgan fingerprint density at radius 1 is 1.42 bits per heavy atom. The van der Waals surface area contributed by atoms with Crippen LogP contribution in [0.2, 0.25) is 0 Å². The molecule has 0 fully saturated rings. The zero-order valence-corrected chi connectivity index (χ0v) is 9.72. The maximum atomic E-state index is 3.22. The molecule has 0 saturated carbocycles. The minimum Gasteiger partial charge on any atom is -0.358 e. The van der Waals surface area contributed by atoms with Crippen LogP contribution in [-0.4, -0.2) is 23.1 Å². The summed E-state index contributed by atoms with van der Waals surface area (Å²) in [6.45, 7) is 4.43. The molecule has 1 rings (SSSR count). The normalized spacial score (nSPS) is 10.8. The largest absolute Gasteiger partial charge is 2.00 e. The molecule has 0 aromatic heterocycles. The third kappa shape index (κ3) is 4.12. The van der Waals surface area contributed by atoms with E-state index >= 15 is 0 Å². The fraction of sp³-hybridized carbons (Fsp3) is 0.364. The van der Waals surface area contributed by atoms with Gasteiger partial charge >= 0.3 is 23.1 Å². The molecule has 0 saturated heterocycles. The minimum absolute atomic E-state index is 0. The molecule has 0 bridgehead atoms. The Kier molecular flexibility index (Phi) is 9.22. The maximum Gasteiger partial charge on any atom is 2.00 e. The molecule has 0 spiro atoms. The van der Waals surface area contributed by atoms with Crippen LogP contribution in [0, 0.1) is 13.5 Å². The number of hydrogen-bond donors (Lipinski definition) is 0. The molecule has 0 radical (unpaired) electrons. The molecule has 1 aromatic carbocycles. The molecule has 0 nitrogen and oxygen atoms in total. The van der Waals surface area contributed by atoms with Gasteiger partial charge in [0.25, 0.3) is 0 Å². The van der Waals surface area contributed by atoms with E-state index in [1.807, 2.05) is 12.1 Å². The van der Waals surface area contributed by atoms with Crippen molar-refractivity contribution >= 4 is 23.1 Å². The van der Waals surface area contributed by atoms with Gasteiger partial charge in [0, 0.05) is 0 Å². The second-order valence-electron chi connectivity index (χ2n) is 2.63. The van der Waals surface area contributed by atoms with Crippen molar-refractivity contribution in [3.8, 4) is 0 Å². The molecular weight excluding hydrogens is 156 g/mol. The van der Waals surface area contributed by atoms with Crippen LogP contribution in [0.4, 0.5) is 0 Å². The first-order valence-corrected chi connectivity index (χ1v) is 3.81. The average molecular weight is 173 g/mol. The maximum absolute atomic E-state index is 3.22. The molecule has 62 valence electrons. The summed E-state index contributed by atoms with van der Waals surface area (Å²) in [4.78, 5) is 0. The predicted octanol–water partition coefficient (Wildman–Crippen LogP) is 3.07. The first-order chi connectivity index (χ1) is 4.84. The SMILES string of the molecule is CCC(C)c1[c-]cccc1.[CH3-].[Mg+2]. The van der Waals surface area contributed by atoms with E-state index in [-0.39, 0.29) is 30.5 Å². The Morgan fingerprint density at radius 2 is 2.08 bits per heavy atom. The van der Waals surface area contributed by atoms with E-state index in [0.717, 1.165) is 0 Å². The van der Waals surface area contributed by atoms with Crippen molar-refractivity contribution in [2.24, 2.45) is 0 Å². The number of rotatable bonds is 2.